The van der Waals surface area contributed by atoms with Gasteiger partial charge in [-0.05, 0) is 5.56 Å². The minimum Gasteiger partial charge on any atom is -0.463 e. The average Bonchev–Trinajstić information content (AvgIpc) is 2.73. The largest absolute Gasteiger partial charge is 0.463 e. The van der Waals surface area contributed by atoms with Crippen molar-refractivity contribution in [2.24, 2.45) is 0 Å². The van der Waals surface area contributed by atoms with Crippen LogP contribution in [0, 0.1) is 0 Å². The van der Waals surface area contributed by atoms with Crippen LogP contribution in [0.15, 0.2) is 36.4 Å². The molecule has 0 aromatic heterocycles. The first-order valence-corrected chi connectivity index (χ1v) is 11.4. The van der Waals surface area contributed by atoms with Gasteiger partial charge >= 0.3 is 23.9 Å². The lowest BCUT2D eigenvalue weighted by Crippen LogP contribution is -2.61. The number of carbonyl (C=O) groups is 4. The quantitative estimate of drug-likeness (QED) is 0.386. The van der Waals surface area contributed by atoms with E-state index in [1.807, 2.05) is 42.5 Å². The second-order valence-corrected chi connectivity index (χ2v) is 8.35. The Kier molecular flexibility index (Phi) is 10.4. The third kappa shape index (κ3) is 8.89. The molecule has 1 fully saturated rings. The Morgan fingerprint density at radius 2 is 1.42 bits per heavy atom. The highest BCUT2D eigenvalue weighted by Crippen LogP contribution is 2.34. The van der Waals surface area contributed by atoms with Crippen LogP contribution in [0.2, 0.25) is 0 Å². The lowest BCUT2D eigenvalue weighted by Gasteiger charge is -2.44. The summed E-state index contributed by atoms with van der Waals surface area (Å²) in [6, 6.07) is 9.67. The van der Waals surface area contributed by atoms with E-state index in [0.717, 1.165) is 5.56 Å². The van der Waals surface area contributed by atoms with Crippen molar-refractivity contribution in [3.05, 3.63) is 42.0 Å². The normalized spacial score (nSPS) is 24.7. The number of rotatable bonds is 9. The van der Waals surface area contributed by atoms with Gasteiger partial charge in [-0.15, -0.1) is 11.8 Å². The van der Waals surface area contributed by atoms with E-state index in [2.05, 4.69) is 0 Å². The second-order valence-electron chi connectivity index (χ2n) is 7.21. The molecule has 0 amide bonds. The van der Waals surface area contributed by atoms with E-state index in [1.165, 1.54) is 39.5 Å². The van der Waals surface area contributed by atoms with E-state index in [9.17, 15) is 19.2 Å². The summed E-state index contributed by atoms with van der Waals surface area (Å²) in [5.41, 5.74) is 0.227. The highest BCUT2D eigenvalue weighted by atomic mass is 32.2. The molecule has 1 aromatic rings. The van der Waals surface area contributed by atoms with E-state index < -0.39 is 53.7 Å². The van der Waals surface area contributed by atoms with E-state index in [1.54, 1.807) is 0 Å². The van der Waals surface area contributed by atoms with Crippen molar-refractivity contribution in [3.8, 4) is 0 Å². The molecule has 0 saturated carbocycles. The Labute approximate surface area is 196 Å². The number of hydrogen-bond donors (Lipinski definition) is 0. The zero-order chi connectivity index (χ0) is 24.4. The number of ether oxygens (including phenoxy) is 5. The molecule has 0 radical (unpaired) electrons. The monoisotopic (exact) mass is 480 g/mol. The minimum absolute atomic E-state index is 0.241. The highest BCUT2D eigenvalue weighted by molar-refractivity contribution is 7.99. The first-order valence-electron chi connectivity index (χ1n) is 10.3. The number of carbonyl (C=O) groups excluding carboxylic acids is 4. The Morgan fingerprint density at radius 3 is 2.00 bits per heavy atom. The van der Waals surface area contributed by atoms with Gasteiger partial charge in [-0.25, -0.2) is 0 Å². The third-order valence-electron chi connectivity index (χ3n) is 4.41. The molecule has 1 saturated heterocycles. The van der Waals surface area contributed by atoms with Crippen LogP contribution < -0.4 is 0 Å². The highest BCUT2D eigenvalue weighted by Gasteiger charge is 2.52. The minimum atomic E-state index is -1.15. The molecule has 1 aromatic carbocycles. The van der Waals surface area contributed by atoms with Crippen LogP contribution >= 0.6 is 11.8 Å². The van der Waals surface area contributed by atoms with Gasteiger partial charge in [0, 0.05) is 33.4 Å². The van der Waals surface area contributed by atoms with E-state index in [4.69, 9.17) is 23.7 Å². The molecule has 1 aliphatic heterocycles. The van der Waals surface area contributed by atoms with Gasteiger partial charge in [0.1, 0.15) is 18.1 Å². The molecule has 180 valence electrons. The van der Waals surface area contributed by atoms with Crippen LogP contribution in [0.25, 0.3) is 6.08 Å². The maximum atomic E-state index is 11.8. The summed E-state index contributed by atoms with van der Waals surface area (Å²) in [4.78, 5) is 46.7. The molecule has 0 N–H and O–H groups in total. The molecule has 2 rings (SSSR count). The molecule has 0 unspecified atom stereocenters. The van der Waals surface area contributed by atoms with Gasteiger partial charge in [0.05, 0.1) is 0 Å². The zero-order valence-electron chi connectivity index (χ0n) is 18.9. The topological polar surface area (TPSA) is 114 Å². The van der Waals surface area contributed by atoms with Crippen LogP contribution in [-0.4, -0.2) is 66.1 Å². The molecular formula is C23H28O9S. The van der Waals surface area contributed by atoms with Gasteiger partial charge in [0.25, 0.3) is 0 Å². The summed E-state index contributed by atoms with van der Waals surface area (Å²) in [5.74, 6) is -2.02. The van der Waals surface area contributed by atoms with Crippen molar-refractivity contribution in [2.45, 2.75) is 57.5 Å². The summed E-state index contributed by atoms with van der Waals surface area (Å²) < 4.78 is 27.3. The Morgan fingerprint density at radius 1 is 0.848 bits per heavy atom. The van der Waals surface area contributed by atoms with Crippen LogP contribution in [0.5, 0.6) is 0 Å². The van der Waals surface area contributed by atoms with Gasteiger partial charge in [0.15, 0.2) is 18.3 Å². The summed E-state index contributed by atoms with van der Waals surface area (Å²) >= 11 is 1.30. The fourth-order valence-corrected chi connectivity index (χ4v) is 4.24. The number of thioether (sulfide) groups is 1. The maximum absolute atomic E-state index is 11.8. The van der Waals surface area contributed by atoms with Crippen LogP contribution in [0.4, 0.5) is 0 Å². The zero-order valence-corrected chi connectivity index (χ0v) is 19.7. The molecule has 1 aliphatic rings. The number of esters is 4. The summed E-state index contributed by atoms with van der Waals surface area (Å²) in [7, 11) is 0. The van der Waals surface area contributed by atoms with Crippen LogP contribution in [0.1, 0.15) is 33.3 Å². The standard InChI is InChI=1S/C23H28O9S/c1-14(24)28-13-19-20(29-15(2)25)21(30-16(3)26)22(31-17(4)27)23(32-19)33-12-8-11-18-9-6-5-7-10-18/h5-11,19-23H,12-13H2,1-4H3/t19-,20-,21+,22+,23+/m1/s1. The summed E-state index contributed by atoms with van der Waals surface area (Å²) in [6.07, 6.45) is -0.456. The molecule has 0 spiro atoms. The number of hydrogen-bond acceptors (Lipinski definition) is 10. The second kappa shape index (κ2) is 13.0. The molecule has 0 aliphatic carbocycles. The van der Waals surface area contributed by atoms with E-state index in [0.29, 0.717) is 5.75 Å². The Hall–Kier alpha value is -2.85. The van der Waals surface area contributed by atoms with Crippen molar-refractivity contribution in [1.82, 2.24) is 0 Å². The molecule has 10 heteroatoms. The average molecular weight is 481 g/mol. The van der Waals surface area contributed by atoms with Gasteiger partial charge in [-0.2, -0.15) is 0 Å². The smallest absolute Gasteiger partial charge is 0.303 e. The SMILES string of the molecule is CC(=O)OC[C@H]1O[C@@H](SCC=Cc2ccccc2)[C@@H](OC(C)=O)[C@@H](OC(C)=O)[C@@H]1OC(C)=O. The van der Waals surface area contributed by atoms with E-state index >= 15 is 0 Å². The first-order chi connectivity index (χ1) is 15.7. The van der Waals surface area contributed by atoms with E-state index in [-0.39, 0.29) is 6.61 Å². The summed E-state index contributed by atoms with van der Waals surface area (Å²) in [6.45, 7) is 4.58. The molecule has 0 bridgehead atoms. The number of benzene rings is 1. The first kappa shape index (κ1) is 26.4. The molecule has 33 heavy (non-hydrogen) atoms. The fraction of sp³-hybridized carbons (Fsp3) is 0.478. The molecule has 9 nitrogen and oxygen atoms in total. The lowest BCUT2D eigenvalue weighted by molar-refractivity contribution is -0.237. The van der Waals surface area contributed by atoms with Gasteiger partial charge in [-0.3, -0.25) is 19.2 Å². The molecular weight excluding hydrogens is 452 g/mol. The molecule has 1 heterocycles. The predicted molar refractivity (Wildman–Crippen MR) is 120 cm³/mol. The van der Waals surface area contributed by atoms with Crippen molar-refractivity contribution < 1.29 is 42.9 Å². The lowest BCUT2D eigenvalue weighted by atomic mass is 9.99. The third-order valence-corrected chi connectivity index (χ3v) is 5.51. The Bertz CT molecular complexity index is 855. The van der Waals surface area contributed by atoms with Crippen LogP contribution in [0.3, 0.4) is 0 Å². The van der Waals surface area contributed by atoms with Gasteiger partial charge in [-0.1, -0.05) is 42.5 Å². The summed E-state index contributed by atoms with van der Waals surface area (Å²) in [5, 5.41) is 0. The molecule has 5 atom stereocenters. The van der Waals surface area contributed by atoms with Crippen molar-refractivity contribution in [3.63, 3.8) is 0 Å². The predicted octanol–water partition coefficient (Wildman–Crippen LogP) is 2.52. The van der Waals surface area contributed by atoms with Crippen molar-refractivity contribution >= 4 is 41.7 Å². The van der Waals surface area contributed by atoms with Gasteiger partial charge in [0.2, 0.25) is 0 Å². The van der Waals surface area contributed by atoms with Crippen molar-refractivity contribution in [2.75, 3.05) is 12.4 Å². The van der Waals surface area contributed by atoms with Crippen LogP contribution in [-0.2, 0) is 42.9 Å². The van der Waals surface area contributed by atoms with Crippen molar-refractivity contribution in [1.29, 1.82) is 0 Å². The van der Waals surface area contributed by atoms with Gasteiger partial charge < -0.3 is 23.7 Å². The fourth-order valence-electron chi connectivity index (χ4n) is 3.22. The maximum Gasteiger partial charge on any atom is 0.303 e. The Balaban J connectivity index is 2.28.